The minimum Gasteiger partial charge on any atom is -0.353 e. The second-order valence-corrected chi connectivity index (χ2v) is 8.83. The van der Waals surface area contributed by atoms with Crippen LogP contribution in [0, 0.1) is 13.8 Å². The molecule has 1 heterocycles. The number of amides is 2. The van der Waals surface area contributed by atoms with Crippen molar-refractivity contribution >= 4 is 28.5 Å². The van der Waals surface area contributed by atoms with Gasteiger partial charge in [0.1, 0.15) is 12.2 Å². The number of benzene rings is 2. The first kappa shape index (κ1) is 22.7. The van der Waals surface area contributed by atoms with Crippen LogP contribution in [-0.4, -0.2) is 27.4 Å². The quantitative estimate of drug-likeness (QED) is 0.579. The molecule has 7 heteroatoms. The van der Waals surface area contributed by atoms with Gasteiger partial charge in [-0.2, -0.15) is 0 Å². The van der Waals surface area contributed by atoms with Crippen LogP contribution in [-0.2, 0) is 22.6 Å². The van der Waals surface area contributed by atoms with Crippen molar-refractivity contribution in [3.63, 3.8) is 0 Å². The van der Waals surface area contributed by atoms with Crippen LogP contribution in [0.4, 0.5) is 5.69 Å². The predicted molar refractivity (Wildman–Crippen MR) is 129 cm³/mol. The van der Waals surface area contributed by atoms with Gasteiger partial charge in [0.25, 0.3) is 5.56 Å². The van der Waals surface area contributed by atoms with Crippen molar-refractivity contribution in [1.29, 1.82) is 0 Å². The van der Waals surface area contributed by atoms with Crippen LogP contribution < -0.4 is 16.2 Å². The third-order valence-electron chi connectivity index (χ3n) is 6.32. The number of anilines is 1. The Kier molecular flexibility index (Phi) is 6.87. The van der Waals surface area contributed by atoms with Gasteiger partial charge in [-0.05, 0) is 62.1 Å². The third kappa shape index (κ3) is 5.48. The van der Waals surface area contributed by atoms with E-state index >= 15 is 0 Å². The van der Waals surface area contributed by atoms with E-state index < -0.39 is 0 Å². The fourth-order valence-electron chi connectivity index (χ4n) is 4.33. The fraction of sp³-hybridized carbons (Fsp3) is 0.385. The zero-order chi connectivity index (χ0) is 23.4. The molecule has 1 fully saturated rings. The van der Waals surface area contributed by atoms with Gasteiger partial charge in [0.15, 0.2) is 0 Å². The van der Waals surface area contributed by atoms with Gasteiger partial charge in [-0.3, -0.25) is 19.0 Å². The lowest BCUT2D eigenvalue weighted by molar-refractivity contribution is -0.121. The summed E-state index contributed by atoms with van der Waals surface area (Å²) in [4.78, 5) is 42.9. The van der Waals surface area contributed by atoms with Gasteiger partial charge in [-0.25, -0.2) is 4.98 Å². The average Bonchev–Trinajstić information content (AvgIpc) is 3.30. The molecule has 0 saturated heterocycles. The van der Waals surface area contributed by atoms with Gasteiger partial charge in [0, 0.05) is 24.6 Å². The maximum absolute atomic E-state index is 13.2. The molecular formula is C26H30N4O3. The molecule has 0 bridgehead atoms. The Morgan fingerprint density at radius 2 is 1.79 bits per heavy atom. The maximum atomic E-state index is 13.2. The number of hydrogen-bond acceptors (Lipinski definition) is 4. The Hall–Kier alpha value is -3.48. The number of hydrogen-bond donors (Lipinski definition) is 2. The lowest BCUT2D eigenvalue weighted by Crippen LogP contribution is -2.34. The first-order valence-electron chi connectivity index (χ1n) is 11.6. The molecule has 4 rings (SSSR count). The normalized spacial score (nSPS) is 13.9. The summed E-state index contributed by atoms with van der Waals surface area (Å²) in [6.45, 7) is 3.87. The van der Waals surface area contributed by atoms with Crippen molar-refractivity contribution in [2.24, 2.45) is 0 Å². The molecule has 3 aromatic rings. The van der Waals surface area contributed by atoms with E-state index in [0.29, 0.717) is 22.4 Å². The number of carbonyl (C=O) groups excluding carboxylic acids is 2. The molecule has 7 nitrogen and oxygen atoms in total. The number of aromatic nitrogens is 2. The van der Waals surface area contributed by atoms with Crippen LogP contribution in [0.3, 0.4) is 0 Å². The Balaban J connectivity index is 1.53. The van der Waals surface area contributed by atoms with Gasteiger partial charge >= 0.3 is 0 Å². The molecule has 0 unspecified atom stereocenters. The monoisotopic (exact) mass is 446 g/mol. The van der Waals surface area contributed by atoms with Crippen LogP contribution in [0.2, 0.25) is 0 Å². The van der Waals surface area contributed by atoms with Crippen LogP contribution in [0.15, 0.2) is 47.3 Å². The van der Waals surface area contributed by atoms with Gasteiger partial charge in [0.2, 0.25) is 11.8 Å². The molecule has 2 N–H and O–H groups in total. The lowest BCUT2D eigenvalue weighted by atomic mass is 10.1. The Bertz CT molecular complexity index is 1240. The van der Waals surface area contributed by atoms with E-state index in [0.717, 1.165) is 36.8 Å². The van der Waals surface area contributed by atoms with Crippen LogP contribution in [0.5, 0.6) is 0 Å². The van der Waals surface area contributed by atoms with E-state index in [1.165, 1.54) is 4.57 Å². The van der Waals surface area contributed by atoms with Gasteiger partial charge in [-0.1, -0.05) is 31.0 Å². The van der Waals surface area contributed by atoms with Crippen molar-refractivity contribution in [1.82, 2.24) is 14.9 Å². The van der Waals surface area contributed by atoms with Crippen molar-refractivity contribution in [3.8, 4) is 0 Å². The second-order valence-electron chi connectivity index (χ2n) is 8.83. The van der Waals surface area contributed by atoms with E-state index in [1.807, 2.05) is 50.2 Å². The van der Waals surface area contributed by atoms with E-state index in [-0.39, 0.29) is 42.8 Å². The highest BCUT2D eigenvalue weighted by Crippen LogP contribution is 2.18. The van der Waals surface area contributed by atoms with Gasteiger partial charge < -0.3 is 10.6 Å². The lowest BCUT2D eigenvalue weighted by Gasteiger charge is -2.14. The summed E-state index contributed by atoms with van der Waals surface area (Å²) in [5.41, 5.74) is 4.10. The summed E-state index contributed by atoms with van der Waals surface area (Å²) >= 11 is 0. The summed E-state index contributed by atoms with van der Waals surface area (Å²) in [6.07, 6.45) is 4.76. The molecule has 0 atom stereocenters. The van der Waals surface area contributed by atoms with E-state index in [2.05, 4.69) is 15.6 Å². The SMILES string of the molecule is Cc1ccc(NC(=O)Cn2c(=O)c(CCC(=O)NC3CCCC3)nc3ccccc32)cc1C. The van der Waals surface area contributed by atoms with Gasteiger partial charge in [0.05, 0.1) is 11.0 Å². The molecule has 172 valence electrons. The van der Waals surface area contributed by atoms with Crippen molar-refractivity contribution in [2.45, 2.75) is 65.0 Å². The minimum atomic E-state index is -0.336. The van der Waals surface area contributed by atoms with Crippen molar-refractivity contribution < 1.29 is 9.59 Å². The number of rotatable bonds is 7. The molecule has 1 aliphatic carbocycles. The van der Waals surface area contributed by atoms with E-state index in [9.17, 15) is 14.4 Å². The highest BCUT2D eigenvalue weighted by Gasteiger charge is 2.19. The molecule has 0 aliphatic heterocycles. The summed E-state index contributed by atoms with van der Waals surface area (Å²) in [6, 6.07) is 13.2. The predicted octanol–water partition coefficient (Wildman–Crippen LogP) is 3.64. The molecule has 0 spiro atoms. The first-order chi connectivity index (χ1) is 15.9. The largest absolute Gasteiger partial charge is 0.353 e. The highest BCUT2D eigenvalue weighted by molar-refractivity contribution is 5.91. The zero-order valence-electron chi connectivity index (χ0n) is 19.2. The second kappa shape index (κ2) is 9.98. The topological polar surface area (TPSA) is 93.1 Å². The molecule has 1 aliphatic rings. The third-order valence-corrected chi connectivity index (χ3v) is 6.32. The summed E-state index contributed by atoms with van der Waals surface area (Å²) in [7, 11) is 0. The molecule has 0 radical (unpaired) electrons. The van der Waals surface area contributed by atoms with E-state index in [1.54, 1.807) is 6.07 Å². The van der Waals surface area contributed by atoms with Gasteiger partial charge in [-0.15, -0.1) is 0 Å². The molecule has 2 amide bonds. The summed E-state index contributed by atoms with van der Waals surface area (Å²) in [5.74, 6) is -0.350. The molecule has 33 heavy (non-hydrogen) atoms. The molecule has 2 aromatic carbocycles. The van der Waals surface area contributed by atoms with E-state index in [4.69, 9.17) is 0 Å². The maximum Gasteiger partial charge on any atom is 0.273 e. The van der Waals surface area contributed by atoms with Crippen LogP contribution in [0.1, 0.15) is 48.9 Å². The number of nitrogens with zero attached hydrogens (tertiary/aromatic N) is 2. The standard InChI is InChI=1S/C26H30N4O3/c1-17-11-12-20(15-18(17)2)28-25(32)16-30-23-10-6-5-9-21(23)29-22(26(30)33)13-14-24(31)27-19-7-3-4-8-19/h5-6,9-12,15,19H,3-4,7-8,13-14,16H2,1-2H3,(H,27,31)(H,28,32). The van der Waals surface area contributed by atoms with Crippen LogP contribution >= 0.6 is 0 Å². The van der Waals surface area contributed by atoms with Crippen molar-refractivity contribution in [2.75, 3.05) is 5.32 Å². The number of carbonyl (C=O) groups is 2. The average molecular weight is 447 g/mol. The number of para-hydroxylation sites is 2. The highest BCUT2D eigenvalue weighted by atomic mass is 16.2. The molecular weight excluding hydrogens is 416 g/mol. The molecule has 1 aromatic heterocycles. The number of nitrogens with one attached hydrogen (secondary N) is 2. The number of aryl methyl sites for hydroxylation is 3. The van der Waals surface area contributed by atoms with Crippen molar-refractivity contribution in [3.05, 3.63) is 69.6 Å². The Morgan fingerprint density at radius 3 is 2.55 bits per heavy atom. The molecule has 1 saturated carbocycles. The fourth-order valence-corrected chi connectivity index (χ4v) is 4.33. The first-order valence-corrected chi connectivity index (χ1v) is 11.6. The summed E-state index contributed by atoms with van der Waals surface area (Å²) < 4.78 is 1.45. The Morgan fingerprint density at radius 1 is 1.03 bits per heavy atom. The minimum absolute atomic E-state index is 0.0599. The Labute approximate surface area is 193 Å². The van der Waals surface area contributed by atoms with Crippen LogP contribution in [0.25, 0.3) is 11.0 Å². The smallest absolute Gasteiger partial charge is 0.273 e. The number of fused-ring (bicyclic) bond motifs is 1. The zero-order valence-corrected chi connectivity index (χ0v) is 19.2. The summed E-state index contributed by atoms with van der Waals surface area (Å²) in [5, 5.41) is 5.93.